The molecule has 1 aromatic rings. The van der Waals surface area contributed by atoms with Crippen LogP contribution in [-0.4, -0.2) is 40.4 Å². The van der Waals surface area contributed by atoms with Crippen LogP contribution in [0.5, 0.6) is 0 Å². The van der Waals surface area contributed by atoms with Crippen molar-refractivity contribution in [3.05, 3.63) is 23.8 Å². The summed E-state index contributed by atoms with van der Waals surface area (Å²) < 4.78 is 0. The molecule has 1 aliphatic rings. The maximum absolute atomic E-state index is 11.3. The molecule has 2 rings (SSSR count). The van der Waals surface area contributed by atoms with Gasteiger partial charge in [0.2, 0.25) is 0 Å². The maximum atomic E-state index is 11.3. The minimum atomic E-state index is -0.485. The van der Waals surface area contributed by atoms with Crippen molar-refractivity contribution in [1.29, 1.82) is 0 Å². The Morgan fingerprint density at radius 2 is 2.29 bits per heavy atom. The number of aromatic nitrogens is 2. The van der Waals surface area contributed by atoms with Crippen LogP contribution in [0.4, 0.5) is 0 Å². The summed E-state index contributed by atoms with van der Waals surface area (Å²) in [5, 5.41) is 0. The topological polar surface area (TPSA) is 72.1 Å². The average molecular weight is 234 g/mol. The zero-order valence-electron chi connectivity index (χ0n) is 10.1. The molecule has 1 aliphatic heterocycles. The van der Waals surface area contributed by atoms with Crippen molar-refractivity contribution in [1.82, 2.24) is 14.9 Å². The van der Waals surface area contributed by atoms with Crippen molar-refractivity contribution in [3.8, 4) is 0 Å². The van der Waals surface area contributed by atoms with E-state index in [-0.39, 0.29) is 5.92 Å². The Morgan fingerprint density at radius 1 is 1.53 bits per heavy atom. The summed E-state index contributed by atoms with van der Waals surface area (Å²) in [5.74, 6) is -0.207. The fourth-order valence-electron chi connectivity index (χ4n) is 2.40. The molecule has 0 radical (unpaired) electrons. The Kier molecular flexibility index (Phi) is 3.68. The number of amides is 1. The van der Waals surface area contributed by atoms with Gasteiger partial charge in [0.25, 0.3) is 5.91 Å². The second-order valence-corrected chi connectivity index (χ2v) is 4.39. The van der Waals surface area contributed by atoms with E-state index in [1.54, 1.807) is 6.20 Å². The number of nitrogens with two attached hydrogens (primary N) is 1. The van der Waals surface area contributed by atoms with Gasteiger partial charge in [0.1, 0.15) is 5.69 Å². The van der Waals surface area contributed by atoms with Crippen molar-refractivity contribution in [2.45, 2.75) is 25.7 Å². The lowest BCUT2D eigenvalue weighted by Crippen LogP contribution is -2.35. The molecule has 92 valence electrons. The molecule has 1 saturated heterocycles. The van der Waals surface area contributed by atoms with Crippen LogP contribution in [0, 0.1) is 0 Å². The minimum Gasteiger partial charge on any atom is -0.364 e. The molecule has 0 aliphatic carbocycles. The predicted octanol–water partition coefficient (Wildman–Crippen LogP) is 0.775. The zero-order valence-corrected chi connectivity index (χ0v) is 10.1. The SMILES string of the molecule is CCN1CCCC(c2nccnc2C(N)=O)C1. The Bertz CT molecular complexity index is 407. The second kappa shape index (κ2) is 5.23. The summed E-state index contributed by atoms with van der Waals surface area (Å²) in [7, 11) is 0. The Labute approximate surface area is 101 Å². The highest BCUT2D eigenvalue weighted by Crippen LogP contribution is 2.26. The minimum absolute atomic E-state index is 0.278. The van der Waals surface area contributed by atoms with Crippen molar-refractivity contribution < 1.29 is 4.79 Å². The van der Waals surface area contributed by atoms with E-state index in [0.29, 0.717) is 5.69 Å². The molecule has 2 heterocycles. The van der Waals surface area contributed by atoms with Gasteiger partial charge in [-0.2, -0.15) is 0 Å². The molecule has 5 nitrogen and oxygen atoms in total. The number of piperidine rings is 1. The molecule has 0 bridgehead atoms. The molecule has 0 saturated carbocycles. The third-order valence-electron chi connectivity index (χ3n) is 3.30. The highest BCUT2D eigenvalue weighted by molar-refractivity contribution is 5.91. The molecule has 1 aromatic heterocycles. The third kappa shape index (κ3) is 2.61. The highest BCUT2D eigenvalue weighted by atomic mass is 16.1. The summed E-state index contributed by atoms with van der Waals surface area (Å²) in [5.41, 5.74) is 6.42. The molecular weight excluding hydrogens is 216 g/mol. The van der Waals surface area contributed by atoms with Crippen LogP contribution in [0.25, 0.3) is 0 Å². The first-order valence-corrected chi connectivity index (χ1v) is 6.05. The van der Waals surface area contributed by atoms with E-state index in [2.05, 4.69) is 21.8 Å². The van der Waals surface area contributed by atoms with Crippen molar-refractivity contribution in [2.75, 3.05) is 19.6 Å². The fourth-order valence-corrected chi connectivity index (χ4v) is 2.40. The zero-order chi connectivity index (χ0) is 12.3. The third-order valence-corrected chi connectivity index (χ3v) is 3.30. The molecule has 5 heteroatoms. The van der Waals surface area contributed by atoms with Crippen LogP contribution in [0.15, 0.2) is 12.4 Å². The quantitative estimate of drug-likeness (QED) is 0.838. The standard InChI is InChI=1S/C12H18N4O/c1-2-16-7-3-4-9(8-16)10-11(12(13)17)15-6-5-14-10/h5-6,9H,2-4,7-8H2,1H3,(H2,13,17). The first-order chi connectivity index (χ1) is 8.22. The average Bonchev–Trinajstić information content (AvgIpc) is 2.39. The smallest absolute Gasteiger partial charge is 0.269 e. The van der Waals surface area contributed by atoms with Crippen molar-refractivity contribution >= 4 is 5.91 Å². The maximum Gasteiger partial charge on any atom is 0.269 e. The molecule has 2 N–H and O–H groups in total. The Morgan fingerprint density at radius 3 is 3.00 bits per heavy atom. The van der Waals surface area contributed by atoms with E-state index in [1.807, 2.05) is 0 Å². The van der Waals surface area contributed by atoms with E-state index >= 15 is 0 Å². The van der Waals surface area contributed by atoms with E-state index in [1.165, 1.54) is 6.20 Å². The normalized spacial score (nSPS) is 21.4. The van der Waals surface area contributed by atoms with Crippen LogP contribution in [0.3, 0.4) is 0 Å². The first-order valence-electron chi connectivity index (χ1n) is 6.05. The van der Waals surface area contributed by atoms with Gasteiger partial charge >= 0.3 is 0 Å². The number of likely N-dealkylation sites (N-methyl/N-ethyl adjacent to an activating group) is 1. The van der Waals surface area contributed by atoms with Crippen LogP contribution in [0.2, 0.25) is 0 Å². The number of primary amides is 1. The molecule has 1 fully saturated rings. The Hall–Kier alpha value is -1.49. The van der Waals surface area contributed by atoms with E-state index in [4.69, 9.17) is 5.73 Å². The first kappa shape index (κ1) is 12.0. The number of hydrogen-bond acceptors (Lipinski definition) is 4. The lowest BCUT2D eigenvalue weighted by molar-refractivity contribution is 0.0992. The molecule has 0 aromatic carbocycles. The van der Waals surface area contributed by atoms with E-state index in [0.717, 1.165) is 38.2 Å². The number of rotatable bonds is 3. The number of hydrogen-bond donors (Lipinski definition) is 1. The van der Waals surface area contributed by atoms with Gasteiger partial charge in [-0.3, -0.25) is 9.78 Å². The molecule has 1 amide bonds. The highest BCUT2D eigenvalue weighted by Gasteiger charge is 2.25. The van der Waals surface area contributed by atoms with Gasteiger partial charge in [0.05, 0.1) is 5.69 Å². The van der Waals surface area contributed by atoms with Gasteiger partial charge in [0.15, 0.2) is 0 Å². The second-order valence-electron chi connectivity index (χ2n) is 4.39. The van der Waals surface area contributed by atoms with Gasteiger partial charge in [0, 0.05) is 24.9 Å². The summed E-state index contributed by atoms with van der Waals surface area (Å²) in [4.78, 5) is 22.0. The summed E-state index contributed by atoms with van der Waals surface area (Å²) in [6.45, 7) is 5.24. The van der Waals surface area contributed by atoms with Crippen molar-refractivity contribution in [3.63, 3.8) is 0 Å². The summed E-state index contributed by atoms with van der Waals surface area (Å²) in [6.07, 6.45) is 5.33. The van der Waals surface area contributed by atoms with E-state index < -0.39 is 5.91 Å². The largest absolute Gasteiger partial charge is 0.364 e. The molecular formula is C12H18N4O. The number of likely N-dealkylation sites (tertiary alicyclic amines) is 1. The van der Waals surface area contributed by atoms with Crippen LogP contribution >= 0.6 is 0 Å². The molecule has 17 heavy (non-hydrogen) atoms. The number of carbonyl (C=O) groups is 1. The predicted molar refractivity (Wildman–Crippen MR) is 64.6 cm³/mol. The van der Waals surface area contributed by atoms with Crippen LogP contribution in [-0.2, 0) is 0 Å². The van der Waals surface area contributed by atoms with Gasteiger partial charge in [-0.05, 0) is 25.9 Å². The fraction of sp³-hybridized carbons (Fsp3) is 0.583. The van der Waals surface area contributed by atoms with Crippen molar-refractivity contribution in [2.24, 2.45) is 5.73 Å². The summed E-state index contributed by atoms with van der Waals surface area (Å²) in [6, 6.07) is 0. The molecule has 1 unspecified atom stereocenters. The number of carbonyl (C=O) groups excluding carboxylic acids is 1. The van der Waals surface area contributed by atoms with Gasteiger partial charge in [-0.15, -0.1) is 0 Å². The van der Waals surface area contributed by atoms with E-state index in [9.17, 15) is 4.79 Å². The Balaban J connectivity index is 2.24. The lowest BCUT2D eigenvalue weighted by atomic mass is 9.93. The van der Waals surface area contributed by atoms with Crippen LogP contribution < -0.4 is 5.73 Å². The monoisotopic (exact) mass is 234 g/mol. The van der Waals surface area contributed by atoms with Crippen LogP contribution in [0.1, 0.15) is 41.9 Å². The molecule has 0 spiro atoms. The summed E-state index contributed by atoms with van der Waals surface area (Å²) >= 11 is 0. The number of nitrogens with zero attached hydrogens (tertiary/aromatic N) is 3. The lowest BCUT2D eigenvalue weighted by Gasteiger charge is -2.31. The van der Waals surface area contributed by atoms with Gasteiger partial charge in [-0.1, -0.05) is 6.92 Å². The molecule has 1 atom stereocenters. The van der Waals surface area contributed by atoms with Gasteiger partial charge in [-0.25, -0.2) is 4.98 Å². The van der Waals surface area contributed by atoms with Gasteiger partial charge < -0.3 is 10.6 Å².